The van der Waals surface area contributed by atoms with Gasteiger partial charge in [-0.15, -0.1) is 0 Å². The number of rotatable bonds is 5. The van der Waals surface area contributed by atoms with Crippen LogP contribution in [0.5, 0.6) is 0 Å². The lowest BCUT2D eigenvalue weighted by Gasteiger charge is -2.39. The van der Waals surface area contributed by atoms with Gasteiger partial charge < -0.3 is 14.3 Å². The van der Waals surface area contributed by atoms with Gasteiger partial charge in [0.2, 0.25) is 0 Å². The van der Waals surface area contributed by atoms with E-state index in [1.54, 1.807) is 13.8 Å². The first-order valence-electron chi connectivity index (χ1n) is 6.05. The third-order valence-electron chi connectivity index (χ3n) is 3.26. The normalized spacial score (nSPS) is 16.5. The summed E-state index contributed by atoms with van der Waals surface area (Å²) in [5.74, 6) is -0.612. The van der Waals surface area contributed by atoms with Gasteiger partial charge in [0.05, 0.1) is 12.7 Å². The van der Waals surface area contributed by atoms with Crippen LogP contribution in [0.25, 0.3) is 0 Å². The number of aliphatic hydroxyl groups is 1. The Morgan fingerprint density at radius 2 is 1.82 bits per heavy atom. The van der Waals surface area contributed by atoms with Gasteiger partial charge in [-0.2, -0.15) is 0 Å². The Labute approximate surface area is 105 Å². The number of esters is 1. The highest BCUT2D eigenvalue weighted by Gasteiger charge is 2.40. The van der Waals surface area contributed by atoms with E-state index >= 15 is 0 Å². The van der Waals surface area contributed by atoms with Crippen molar-refractivity contribution in [3.05, 3.63) is 0 Å². The molecule has 17 heavy (non-hydrogen) atoms. The average Bonchev–Trinajstić information content (AvgIpc) is 2.14. The van der Waals surface area contributed by atoms with Gasteiger partial charge >= 0.3 is 5.97 Å². The number of hydrogen-bond acceptors (Lipinski definition) is 4. The molecule has 0 aromatic rings. The van der Waals surface area contributed by atoms with Crippen LogP contribution >= 0.6 is 0 Å². The predicted molar refractivity (Wildman–Crippen MR) is 70.4 cm³/mol. The zero-order valence-corrected chi connectivity index (χ0v) is 13.0. The lowest BCUT2D eigenvalue weighted by molar-refractivity contribution is -0.157. The minimum Gasteiger partial charge on any atom is -0.464 e. The Kier molecular flexibility index (Phi) is 5.84. The van der Waals surface area contributed by atoms with Crippen LogP contribution in [0.15, 0.2) is 0 Å². The van der Waals surface area contributed by atoms with E-state index in [-0.39, 0.29) is 11.6 Å². The maximum absolute atomic E-state index is 11.4. The van der Waals surface area contributed by atoms with Gasteiger partial charge in [0.15, 0.2) is 14.4 Å². The molecule has 0 rings (SSSR count). The second-order valence-corrected chi connectivity index (χ2v) is 10.5. The molecule has 4 nitrogen and oxygen atoms in total. The molecule has 0 saturated carbocycles. The van der Waals surface area contributed by atoms with Crippen LogP contribution < -0.4 is 0 Å². The second-order valence-electron chi connectivity index (χ2n) is 5.78. The molecule has 0 unspecified atom stereocenters. The molecule has 0 bridgehead atoms. The van der Waals surface area contributed by atoms with Gasteiger partial charge in [0, 0.05) is 0 Å². The van der Waals surface area contributed by atoms with Crippen LogP contribution in [0.3, 0.4) is 0 Å². The minimum atomic E-state index is -1.97. The van der Waals surface area contributed by atoms with Crippen LogP contribution in [-0.4, -0.2) is 38.2 Å². The molecule has 0 saturated heterocycles. The molecule has 0 aliphatic carbocycles. The molecular formula is C12H26O4Si. The summed E-state index contributed by atoms with van der Waals surface area (Å²) in [5, 5.41) is 9.82. The molecule has 0 aliphatic heterocycles. The quantitative estimate of drug-likeness (QED) is 0.610. The first-order valence-corrected chi connectivity index (χ1v) is 8.96. The van der Waals surface area contributed by atoms with E-state index in [0.717, 1.165) is 0 Å². The summed E-state index contributed by atoms with van der Waals surface area (Å²) < 4.78 is 10.7. The molecular weight excluding hydrogens is 236 g/mol. The molecule has 0 heterocycles. The average molecular weight is 262 g/mol. The SMILES string of the molecule is CCOC(=O)[C@@H](O)[C@@H](C)O[Si](C)(C)C(C)(C)C. The van der Waals surface area contributed by atoms with Gasteiger partial charge in [0.25, 0.3) is 0 Å². The van der Waals surface area contributed by atoms with Crippen LogP contribution in [0.4, 0.5) is 0 Å². The van der Waals surface area contributed by atoms with E-state index in [9.17, 15) is 9.90 Å². The Bertz CT molecular complexity index is 258. The van der Waals surface area contributed by atoms with Gasteiger partial charge in [-0.1, -0.05) is 20.8 Å². The van der Waals surface area contributed by atoms with Crippen molar-refractivity contribution in [2.24, 2.45) is 0 Å². The molecule has 0 aromatic heterocycles. The largest absolute Gasteiger partial charge is 0.464 e. The van der Waals surface area contributed by atoms with Crippen molar-refractivity contribution in [2.45, 2.75) is 65.0 Å². The van der Waals surface area contributed by atoms with Crippen molar-refractivity contribution < 1.29 is 19.1 Å². The highest BCUT2D eigenvalue weighted by Crippen LogP contribution is 2.37. The Morgan fingerprint density at radius 3 is 2.18 bits per heavy atom. The topological polar surface area (TPSA) is 55.8 Å². The summed E-state index contributed by atoms with van der Waals surface area (Å²) >= 11 is 0. The highest BCUT2D eigenvalue weighted by molar-refractivity contribution is 6.74. The Morgan fingerprint density at radius 1 is 1.35 bits per heavy atom. The highest BCUT2D eigenvalue weighted by atomic mass is 28.4. The maximum atomic E-state index is 11.4. The van der Waals surface area contributed by atoms with Crippen molar-refractivity contribution in [2.75, 3.05) is 6.61 Å². The van der Waals surface area contributed by atoms with Crippen LogP contribution in [0.1, 0.15) is 34.6 Å². The van der Waals surface area contributed by atoms with E-state index in [1.165, 1.54) is 0 Å². The molecule has 1 N–H and O–H groups in total. The molecule has 0 fully saturated rings. The monoisotopic (exact) mass is 262 g/mol. The van der Waals surface area contributed by atoms with Crippen molar-refractivity contribution >= 4 is 14.3 Å². The number of hydrogen-bond donors (Lipinski definition) is 1. The summed E-state index contributed by atoms with van der Waals surface area (Å²) in [7, 11) is -1.97. The first-order chi connectivity index (χ1) is 7.53. The summed E-state index contributed by atoms with van der Waals surface area (Å²) in [6.45, 7) is 14.2. The molecule has 0 aliphatic rings. The third kappa shape index (κ3) is 4.77. The summed E-state index contributed by atoms with van der Waals surface area (Å²) in [4.78, 5) is 11.4. The van der Waals surface area contributed by atoms with Crippen LogP contribution in [0, 0.1) is 0 Å². The van der Waals surface area contributed by atoms with Gasteiger partial charge in [-0.05, 0) is 32.0 Å². The number of aliphatic hydroxyl groups excluding tert-OH is 1. The fourth-order valence-electron chi connectivity index (χ4n) is 1.13. The molecule has 102 valence electrons. The van der Waals surface area contributed by atoms with E-state index in [4.69, 9.17) is 9.16 Å². The number of carbonyl (C=O) groups excluding carboxylic acids is 1. The summed E-state index contributed by atoms with van der Waals surface area (Å²) in [5.41, 5.74) is 0. The molecule has 0 amide bonds. The van der Waals surface area contributed by atoms with E-state index in [0.29, 0.717) is 0 Å². The zero-order valence-electron chi connectivity index (χ0n) is 12.0. The van der Waals surface area contributed by atoms with Crippen molar-refractivity contribution in [1.29, 1.82) is 0 Å². The van der Waals surface area contributed by atoms with E-state index in [2.05, 4.69) is 33.9 Å². The Hall–Kier alpha value is -0.393. The molecule has 5 heteroatoms. The van der Waals surface area contributed by atoms with Gasteiger partial charge in [-0.25, -0.2) is 4.79 Å². The molecule has 0 radical (unpaired) electrons. The number of carbonyl (C=O) groups is 1. The van der Waals surface area contributed by atoms with Gasteiger partial charge in [-0.3, -0.25) is 0 Å². The van der Waals surface area contributed by atoms with Crippen LogP contribution in [0.2, 0.25) is 18.1 Å². The van der Waals surface area contributed by atoms with E-state index in [1.807, 2.05) is 0 Å². The van der Waals surface area contributed by atoms with Crippen molar-refractivity contribution in [3.63, 3.8) is 0 Å². The smallest absolute Gasteiger partial charge is 0.337 e. The molecule has 0 spiro atoms. The third-order valence-corrected chi connectivity index (χ3v) is 7.83. The summed E-state index contributed by atoms with van der Waals surface area (Å²) in [6, 6.07) is 0. The zero-order chi connectivity index (χ0) is 13.9. The van der Waals surface area contributed by atoms with E-state index < -0.39 is 26.5 Å². The maximum Gasteiger partial charge on any atom is 0.337 e. The first kappa shape index (κ1) is 16.6. The second kappa shape index (κ2) is 5.98. The predicted octanol–water partition coefficient (Wildman–Crippen LogP) is 2.32. The fourth-order valence-corrected chi connectivity index (χ4v) is 2.54. The lowest BCUT2D eigenvalue weighted by Crippen LogP contribution is -2.48. The standard InChI is InChI=1S/C12H26O4Si/c1-8-15-11(14)10(13)9(2)16-17(6,7)12(3,4)5/h9-10,13H,8H2,1-7H3/t9-,10+/m1/s1. The fraction of sp³-hybridized carbons (Fsp3) is 0.917. The van der Waals surface area contributed by atoms with Crippen LogP contribution in [-0.2, 0) is 14.0 Å². The van der Waals surface area contributed by atoms with Crippen molar-refractivity contribution in [1.82, 2.24) is 0 Å². The molecule has 0 aromatic carbocycles. The lowest BCUT2D eigenvalue weighted by atomic mass is 10.2. The molecule has 2 atom stereocenters. The van der Waals surface area contributed by atoms with Crippen molar-refractivity contribution in [3.8, 4) is 0 Å². The van der Waals surface area contributed by atoms with Gasteiger partial charge in [0.1, 0.15) is 0 Å². The summed E-state index contributed by atoms with van der Waals surface area (Å²) in [6.07, 6.45) is -1.74. The number of ether oxygens (including phenoxy) is 1. The minimum absolute atomic E-state index is 0.0512. The Balaban J connectivity index is 4.54.